The third-order valence-corrected chi connectivity index (χ3v) is 2.91. The Kier molecular flexibility index (Phi) is 2.83. The molecule has 0 bridgehead atoms. The van der Waals surface area contributed by atoms with Gasteiger partial charge in [0.1, 0.15) is 0 Å². The van der Waals surface area contributed by atoms with E-state index in [0.29, 0.717) is 22.7 Å². The molecule has 0 aliphatic carbocycles. The number of amides is 1. The molecule has 0 saturated carbocycles. The van der Waals surface area contributed by atoms with E-state index in [1.807, 2.05) is 25.1 Å². The Bertz CT molecular complexity index is 637. The van der Waals surface area contributed by atoms with E-state index >= 15 is 0 Å². The van der Waals surface area contributed by atoms with Crippen LogP contribution in [0.2, 0.25) is 0 Å². The van der Waals surface area contributed by atoms with E-state index in [4.69, 9.17) is 9.47 Å². The van der Waals surface area contributed by atoms with Gasteiger partial charge in [0.25, 0.3) is 5.91 Å². The molecule has 19 heavy (non-hydrogen) atoms. The number of carbonyl (C=O) groups excluding carboxylic acids is 1. The lowest BCUT2D eigenvalue weighted by molar-refractivity contribution is 0.102. The molecule has 1 aliphatic heterocycles. The van der Waals surface area contributed by atoms with E-state index in [0.717, 1.165) is 5.56 Å². The molecule has 96 valence electrons. The second-order valence-electron chi connectivity index (χ2n) is 4.39. The summed E-state index contributed by atoms with van der Waals surface area (Å²) in [6.07, 6.45) is 0. The highest BCUT2D eigenvalue weighted by atomic mass is 16.7. The number of nitrogens with one attached hydrogen (secondary N) is 1. The summed E-state index contributed by atoms with van der Waals surface area (Å²) in [7, 11) is 0. The zero-order valence-electron chi connectivity index (χ0n) is 10.5. The van der Waals surface area contributed by atoms with Crippen molar-refractivity contribution in [3.05, 3.63) is 53.6 Å². The summed E-state index contributed by atoms with van der Waals surface area (Å²) < 4.78 is 10.5. The van der Waals surface area contributed by atoms with Crippen molar-refractivity contribution >= 4 is 11.6 Å². The molecule has 0 aromatic heterocycles. The minimum Gasteiger partial charge on any atom is -0.454 e. The van der Waals surface area contributed by atoms with Crippen LogP contribution in [0.3, 0.4) is 0 Å². The molecule has 0 radical (unpaired) electrons. The van der Waals surface area contributed by atoms with Gasteiger partial charge >= 0.3 is 0 Å². The smallest absolute Gasteiger partial charge is 0.255 e. The SMILES string of the molecule is Cc1cccc(C(=O)Nc2ccc3c(c2)OCO3)c1. The average Bonchev–Trinajstić information content (AvgIpc) is 2.86. The van der Waals surface area contributed by atoms with E-state index in [1.54, 1.807) is 24.3 Å². The van der Waals surface area contributed by atoms with Crippen LogP contribution < -0.4 is 14.8 Å². The van der Waals surface area contributed by atoms with Gasteiger partial charge in [-0.15, -0.1) is 0 Å². The van der Waals surface area contributed by atoms with Crippen LogP contribution in [-0.2, 0) is 0 Å². The molecule has 0 fully saturated rings. The van der Waals surface area contributed by atoms with Gasteiger partial charge in [0.15, 0.2) is 11.5 Å². The maximum absolute atomic E-state index is 12.1. The van der Waals surface area contributed by atoms with Gasteiger partial charge in [0.2, 0.25) is 6.79 Å². The fourth-order valence-electron chi connectivity index (χ4n) is 1.96. The van der Waals surface area contributed by atoms with Gasteiger partial charge in [-0.3, -0.25) is 4.79 Å². The summed E-state index contributed by atoms with van der Waals surface area (Å²) in [6.45, 7) is 2.18. The lowest BCUT2D eigenvalue weighted by Gasteiger charge is -2.06. The summed E-state index contributed by atoms with van der Waals surface area (Å²) in [6, 6.07) is 12.8. The molecule has 0 saturated heterocycles. The van der Waals surface area contributed by atoms with Gasteiger partial charge in [-0.05, 0) is 31.2 Å². The molecule has 3 rings (SSSR count). The van der Waals surface area contributed by atoms with Gasteiger partial charge in [-0.25, -0.2) is 0 Å². The predicted molar refractivity (Wildman–Crippen MR) is 71.7 cm³/mol. The molecule has 0 atom stereocenters. The number of ether oxygens (including phenoxy) is 2. The van der Waals surface area contributed by atoms with Crippen LogP contribution in [0.15, 0.2) is 42.5 Å². The normalized spacial score (nSPS) is 12.3. The van der Waals surface area contributed by atoms with Gasteiger partial charge in [-0.2, -0.15) is 0 Å². The van der Waals surface area contributed by atoms with Crippen molar-refractivity contribution in [3.8, 4) is 11.5 Å². The van der Waals surface area contributed by atoms with Crippen molar-refractivity contribution in [3.63, 3.8) is 0 Å². The Labute approximate surface area is 111 Å². The van der Waals surface area contributed by atoms with Crippen LogP contribution in [0.1, 0.15) is 15.9 Å². The lowest BCUT2D eigenvalue weighted by atomic mass is 10.1. The molecule has 2 aromatic rings. The third-order valence-electron chi connectivity index (χ3n) is 2.91. The summed E-state index contributed by atoms with van der Waals surface area (Å²) in [4.78, 5) is 12.1. The van der Waals surface area contributed by atoms with Gasteiger partial charge in [0.05, 0.1) is 0 Å². The molecule has 4 nitrogen and oxygen atoms in total. The number of carbonyl (C=O) groups is 1. The van der Waals surface area contributed by atoms with Crippen molar-refractivity contribution in [2.24, 2.45) is 0 Å². The van der Waals surface area contributed by atoms with Crippen LogP contribution >= 0.6 is 0 Å². The van der Waals surface area contributed by atoms with Crippen molar-refractivity contribution in [2.75, 3.05) is 12.1 Å². The van der Waals surface area contributed by atoms with Crippen molar-refractivity contribution < 1.29 is 14.3 Å². The van der Waals surface area contributed by atoms with Crippen LogP contribution in [0, 0.1) is 6.92 Å². The van der Waals surface area contributed by atoms with Crippen LogP contribution in [0.4, 0.5) is 5.69 Å². The number of benzene rings is 2. The topological polar surface area (TPSA) is 47.6 Å². The van der Waals surface area contributed by atoms with E-state index in [-0.39, 0.29) is 12.7 Å². The first kappa shape index (κ1) is 11.6. The summed E-state index contributed by atoms with van der Waals surface area (Å²) >= 11 is 0. The molecule has 1 aliphatic rings. The van der Waals surface area contributed by atoms with E-state index in [2.05, 4.69) is 5.32 Å². The lowest BCUT2D eigenvalue weighted by Crippen LogP contribution is -2.11. The number of hydrogen-bond donors (Lipinski definition) is 1. The van der Waals surface area contributed by atoms with Gasteiger partial charge < -0.3 is 14.8 Å². The molecule has 4 heteroatoms. The monoisotopic (exact) mass is 255 g/mol. The number of fused-ring (bicyclic) bond motifs is 1. The predicted octanol–water partition coefficient (Wildman–Crippen LogP) is 2.98. The van der Waals surface area contributed by atoms with Gasteiger partial charge in [0, 0.05) is 17.3 Å². The van der Waals surface area contributed by atoms with E-state index < -0.39 is 0 Å². The Morgan fingerprint density at radius 1 is 1.11 bits per heavy atom. The molecular weight excluding hydrogens is 242 g/mol. The number of hydrogen-bond acceptors (Lipinski definition) is 3. The second kappa shape index (κ2) is 4.65. The first-order chi connectivity index (χ1) is 9.22. The highest BCUT2D eigenvalue weighted by molar-refractivity contribution is 6.04. The number of aryl methyl sites for hydroxylation is 1. The Balaban J connectivity index is 1.80. The maximum atomic E-state index is 12.1. The minimum atomic E-state index is -0.137. The number of rotatable bonds is 2. The number of anilines is 1. The second-order valence-corrected chi connectivity index (χ2v) is 4.39. The van der Waals surface area contributed by atoms with Crippen molar-refractivity contribution in [2.45, 2.75) is 6.92 Å². The Morgan fingerprint density at radius 2 is 1.95 bits per heavy atom. The molecule has 1 heterocycles. The zero-order chi connectivity index (χ0) is 13.2. The minimum absolute atomic E-state index is 0.137. The fraction of sp³-hybridized carbons (Fsp3) is 0.133. The summed E-state index contributed by atoms with van der Waals surface area (Å²) in [5, 5.41) is 2.84. The molecule has 1 N–H and O–H groups in total. The van der Waals surface area contributed by atoms with Crippen molar-refractivity contribution in [1.82, 2.24) is 0 Å². The standard InChI is InChI=1S/C15H13NO3/c1-10-3-2-4-11(7-10)15(17)16-12-5-6-13-14(8-12)19-9-18-13/h2-8H,9H2,1H3,(H,16,17). The van der Waals surface area contributed by atoms with Crippen LogP contribution in [-0.4, -0.2) is 12.7 Å². The molecular formula is C15H13NO3. The maximum Gasteiger partial charge on any atom is 0.255 e. The summed E-state index contributed by atoms with van der Waals surface area (Å²) in [5.74, 6) is 1.22. The largest absolute Gasteiger partial charge is 0.454 e. The third kappa shape index (κ3) is 2.38. The quantitative estimate of drug-likeness (QED) is 0.897. The molecule has 1 amide bonds. The van der Waals surface area contributed by atoms with E-state index in [1.165, 1.54) is 0 Å². The first-order valence-corrected chi connectivity index (χ1v) is 6.00. The molecule has 2 aromatic carbocycles. The fourth-order valence-corrected chi connectivity index (χ4v) is 1.96. The zero-order valence-corrected chi connectivity index (χ0v) is 10.5. The summed E-state index contributed by atoms with van der Waals surface area (Å²) in [5.41, 5.74) is 2.38. The van der Waals surface area contributed by atoms with Gasteiger partial charge in [-0.1, -0.05) is 17.7 Å². The molecule has 0 spiro atoms. The average molecular weight is 255 g/mol. The highest BCUT2D eigenvalue weighted by Gasteiger charge is 2.14. The molecule has 0 unspecified atom stereocenters. The first-order valence-electron chi connectivity index (χ1n) is 6.00. The Morgan fingerprint density at radius 3 is 2.79 bits per heavy atom. The van der Waals surface area contributed by atoms with Crippen molar-refractivity contribution in [1.29, 1.82) is 0 Å². The van der Waals surface area contributed by atoms with E-state index in [9.17, 15) is 4.79 Å². The highest BCUT2D eigenvalue weighted by Crippen LogP contribution is 2.34. The Hall–Kier alpha value is -2.49. The van der Waals surface area contributed by atoms with Crippen LogP contribution in [0.25, 0.3) is 0 Å². The van der Waals surface area contributed by atoms with Crippen LogP contribution in [0.5, 0.6) is 11.5 Å².